The van der Waals surface area contributed by atoms with Crippen LogP contribution in [0.15, 0.2) is 6.07 Å². The Balaban J connectivity index is 2.09. The van der Waals surface area contributed by atoms with Crippen molar-refractivity contribution in [1.82, 2.24) is 9.78 Å². The predicted octanol–water partition coefficient (Wildman–Crippen LogP) is 1.22. The predicted molar refractivity (Wildman–Crippen MR) is 66.6 cm³/mol. The molecule has 0 amide bonds. The van der Waals surface area contributed by atoms with Crippen LogP contribution in [-0.2, 0) is 24.7 Å². The van der Waals surface area contributed by atoms with Crippen molar-refractivity contribution in [1.29, 1.82) is 0 Å². The van der Waals surface area contributed by atoms with E-state index in [1.165, 1.54) is 0 Å². The van der Waals surface area contributed by atoms with Gasteiger partial charge in [-0.1, -0.05) is 6.92 Å². The van der Waals surface area contributed by atoms with Crippen molar-refractivity contribution in [3.05, 3.63) is 17.5 Å². The molecule has 4 heteroatoms. The number of nitrogens with zero attached hydrogens (tertiary/aromatic N) is 2. The fourth-order valence-electron chi connectivity index (χ4n) is 2.18. The zero-order valence-electron chi connectivity index (χ0n) is 10.9. The highest BCUT2D eigenvalue weighted by Gasteiger charge is 2.43. The Morgan fingerprint density at radius 2 is 2.29 bits per heavy atom. The van der Waals surface area contributed by atoms with E-state index >= 15 is 0 Å². The summed E-state index contributed by atoms with van der Waals surface area (Å²) in [7, 11) is 1.88. The van der Waals surface area contributed by atoms with Crippen LogP contribution in [0, 0.1) is 5.92 Å². The molecule has 2 N–H and O–H groups in total. The molecule has 0 aliphatic heterocycles. The maximum absolute atomic E-state index is 12.2. The van der Waals surface area contributed by atoms with Gasteiger partial charge in [0.2, 0.25) is 0 Å². The van der Waals surface area contributed by atoms with E-state index in [1.807, 2.05) is 20.0 Å². The first-order valence-electron chi connectivity index (χ1n) is 6.29. The van der Waals surface area contributed by atoms with Crippen LogP contribution in [0.2, 0.25) is 0 Å². The molecule has 0 bridgehead atoms. The Hall–Kier alpha value is -1.16. The zero-order chi connectivity index (χ0) is 12.6. The third-order valence-corrected chi connectivity index (χ3v) is 3.76. The van der Waals surface area contributed by atoms with Gasteiger partial charge in [-0.25, -0.2) is 0 Å². The van der Waals surface area contributed by atoms with Gasteiger partial charge in [0.05, 0.1) is 17.7 Å². The number of carbonyl (C=O) groups excluding carboxylic acids is 1. The monoisotopic (exact) mass is 235 g/mol. The van der Waals surface area contributed by atoms with Gasteiger partial charge in [0.15, 0.2) is 5.78 Å². The second-order valence-corrected chi connectivity index (χ2v) is 5.26. The maximum Gasteiger partial charge on any atom is 0.158 e. The van der Waals surface area contributed by atoms with Crippen LogP contribution < -0.4 is 5.73 Å². The summed E-state index contributed by atoms with van der Waals surface area (Å²) in [4.78, 5) is 12.2. The summed E-state index contributed by atoms with van der Waals surface area (Å²) in [6, 6.07) is 2.00. The molecule has 1 heterocycles. The Kier molecular flexibility index (Phi) is 3.08. The summed E-state index contributed by atoms with van der Waals surface area (Å²) in [6.45, 7) is 3.93. The highest BCUT2D eigenvalue weighted by atomic mass is 16.1. The van der Waals surface area contributed by atoms with Crippen molar-refractivity contribution in [3.8, 4) is 0 Å². The Morgan fingerprint density at radius 1 is 1.65 bits per heavy atom. The summed E-state index contributed by atoms with van der Waals surface area (Å²) in [5.74, 6) is 0.513. The van der Waals surface area contributed by atoms with Crippen molar-refractivity contribution in [2.24, 2.45) is 18.7 Å². The molecule has 0 aromatic carbocycles. The molecule has 1 aliphatic rings. The van der Waals surface area contributed by atoms with Gasteiger partial charge in [0.25, 0.3) is 0 Å². The van der Waals surface area contributed by atoms with Gasteiger partial charge in [-0.15, -0.1) is 0 Å². The van der Waals surface area contributed by atoms with Crippen LogP contribution in [0.5, 0.6) is 0 Å². The summed E-state index contributed by atoms with van der Waals surface area (Å²) >= 11 is 0. The highest BCUT2D eigenvalue weighted by molar-refractivity contribution is 5.90. The molecule has 1 fully saturated rings. The fourth-order valence-corrected chi connectivity index (χ4v) is 2.18. The number of aryl methyl sites for hydroxylation is 2. The Labute approximate surface area is 102 Å². The van der Waals surface area contributed by atoms with E-state index in [-0.39, 0.29) is 5.78 Å². The maximum atomic E-state index is 12.2. The summed E-state index contributed by atoms with van der Waals surface area (Å²) in [5, 5.41) is 4.35. The zero-order valence-corrected chi connectivity index (χ0v) is 10.9. The van der Waals surface area contributed by atoms with E-state index in [1.54, 1.807) is 4.68 Å². The number of rotatable bonds is 5. The van der Waals surface area contributed by atoms with Crippen LogP contribution in [0.3, 0.4) is 0 Å². The largest absolute Gasteiger partial charge is 0.319 e. The van der Waals surface area contributed by atoms with E-state index in [2.05, 4.69) is 12.0 Å². The Morgan fingerprint density at radius 3 is 2.76 bits per heavy atom. The van der Waals surface area contributed by atoms with Gasteiger partial charge in [-0.3, -0.25) is 9.48 Å². The molecule has 1 saturated carbocycles. The molecule has 0 saturated heterocycles. The van der Waals surface area contributed by atoms with Crippen molar-refractivity contribution in [2.45, 2.75) is 45.1 Å². The first kappa shape index (κ1) is 12.3. The molecule has 94 valence electrons. The lowest BCUT2D eigenvalue weighted by Crippen LogP contribution is -2.48. The summed E-state index contributed by atoms with van der Waals surface area (Å²) in [6.07, 6.45) is 3.46. The molecule has 4 nitrogen and oxygen atoms in total. The third kappa shape index (κ3) is 2.41. The normalized spacial score (nSPS) is 19.1. The van der Waals surface area contributed by atoms with Crippen LogP contribution >= 0.6 is 0 Å². The second kappa shape index (κ2) is 4.26. The Bertz CT molecular complexity index is 430. The summed E-state index contributed by atoms with van der Waals surface area (Å²) < 4.78 is 1.79. The van der Waals surface area contributed by atoms with E-state index < -0.39 is 5.54 Å². The highest BCUT2D eigenvalue weighted by Crippen LogP contribution is 2.38. The minimum atomic E-state index is -0.656. The fraction of sp³-hybridized carbons (Fsp3) is 0.692. The second-order valence-electron chi connectivity index (χ2n) is 5.26. The SMILES string of the molecule is CCc1cc(CC(=O)C(C)(N)C2CC2)n(C)n1. The van der Waals surface area contributed by atoms with E-state index in [4.69, 9.17) is 5.73 Å². The number of Topliss-reactive ketones (excluding diaryl/α,β-unsaturated/α-hetero) is 1. The average Bonchev–Trinajstić information content (AvgIpc) is 3.06. The van der Waals surface area contributed by atoms with E-state index in [0.717, 1.165) is 30.7 Å². The van der Waals surface area contributed by atoms with Gasteiger partial charge in [0, 0.05) is 12.7 Å². The molecule has 0 radical (unpaired) electrons. The standard InChI is InChI=1S/C13H21N3O/c1-4-10-7-11(16(3)15-10)8-12(17)13(2,14)9-5-6-9/h7,9H,4-6,8,14H2,1-3H3. The van der Waals surface area contributed by atoms with Crippen molar-refractivity contribution >= 4 is 5.78 Å². The van der Waals surface area contributed by atoms with Crippen LogP contribution in [-0.4, -0.2) is 21.1 Å². The number of ketones is 1. The van der Waals surface area contributed by atoms with Crippen LogP contribution in [0.25, 0.3) is 0 Å². The van der Waals surface area contributed by atoms with Crippen molar-refractivity contribution in [3.63, 3.8) is 0 Å². The molecule has 1 aromatic heterocycles. The van der Waals surface area contributed by atoms with Gasteiger partial charge in [-0.05, 0) is 38.2 Å². The van der Waals surface area contributed by atoms with E-state index in [0.29, 0.717) is 12.3 Å². The van der Waals surface area contributed by atoms with Crippen LogP contribution in [0.4, 0.5) is 0 Å². The van der Waals surface area contributed by atoms with Crippen molar-refractivity contribution in [2.75, 3.05) is 0 Å². The number of hydrogen-bond donors (Lipinski definition) is 1. The first-order valence-corrected chi connectivity index (χ1v) is 6.29. The number of carbonyl (C=O) groups is 1. The molecule has 17 heavy (non-hydrogen) atoms. The minimum absolute atomic E-state index is 0.130. The lowest BCUT2D eigenvalue weighted by atomic mass is 9.89. The number of nitrogens with two attached hydrogens (primary N) is 1. The number of hydrogen-bond acceptors (Lipinski definition) is 3. The van der Waals surface area contributed by atoms with E-state index in [9.17, 15) is 4.79 Å². The molecule has 0 spiro atoms. The molecule has 1 aliphatic carbocycles. The van der Waals surface area contributed by atoms with Gasteiger partial charge < -0.3 is 5.73 Å². The summed E-state index contributed by atoms with van der Waals surface area (Å²) in [5.41, 5.74) is 7.46. The van der Waals surface area contributed by atoms with Crippen molar-refractivity contribution < 1.29 is 4.79 Å². The van der Waals surface area contributed by atoms with Crippen LogP contribution in [0.1, 0.15) is 38.1 Å². The van der Waals surface area contributed by atoms with Gasteiger partial charge in [0.1, 0.15) is 0 Å². The lowest BCUT2D eigenvalue weighted by molar-refractivity contribution is -0.123. The lowest BCUT2D eigenvalue weighted by Gasteiger charge is -2.22. The average molecular weight is 235 g/mol. The molecule has 1 atom stereocenters. The smallest absolute Gasteiger partial charge is 0.158 e. The molecule has 1 unspecified atom stereocenters. The van der Waals surface area contributed by atoms with Gasteiger partial charge >= 0.3 is 0 Å². The first-order chi connectivity index (χ1) is 7.95. The molecular weight excluding hydrogens is 214 g/mol. The molecule has 2 rings (SSSR count). The minimum Gasteiger partial charge on any atom is -0.319 e. The third-order valence-electron chi connectivity index (χ3n) is 3.76. The number of aromatic nitrogens is 2. The van der Waals surface area contributed by atoms with Gasteiger partial charge in [-0.2, -0.15) is 5.10 Å². The topological polar surface area (TPSA) is 60.9 Å². The molecular formula is C13H21N3O. The molecule has 1 aromatic rings. The quantitative estimate of drug-likeness (QED) is 0.834.